The summed E-state index contributed by atoms with van der Waals surface area (Å²) in [5.41, 5.74) is 1.17. The Labute approximate surface area is 87.6 Å². The molecule has 1 aliphatic rings. The third kappa shape index (κ3) is 1.27. The summed E-state index contributed by atoms with van der Waals surface area (Å²) in [6, 6.07) is 2.11. The molecule has 0 aliphatic heterocycles. The molecule has 0 bridgehead atoms. The zero-order valence-corrected chi connectivity index (χ0v) is 9.39. The molecule has 1 fully saturated rings. The second kappa shape index (κ2) is 2.83. The molecule has 0 radical (unpaired) electrons. The van der Waals surface area contributed by atoms with E-state index in [1.54, 1.807) is 11.3 Å². The number of aryl methyl sites for hydroxylation is 1. The predicted octanol–water partition coefficient (Wildman–Crippen LogP) is 2.88. The Morgan fingerprint density at radius 3 is 2.57 bits per heavy atom. The molecule has 0 amide bonds. The van der Waals surface area contributed by atoms with E-state index in [2.05, 4.69) is 11.4 Å². The number of hydrogen-bond acceptors (Lipinski definition) is 2. The number of hydrogen-bond donors (Lipinski definition) is 1. The van der Waals surface area contributed by atoms with Crippen LogP contribution in [-0.2, 0) is 4.79 Å². The summed E-state index contributed by atoms with van der Waals surface area (Å²) in [6.07, 6.45) is 0. The summed E-state index contributed by atoms with van der Waals surface area (Å²) in [7, 11) is 0. The van der Waals surface area contributed by atoms with Gasteiger partial charge in [-0.15, -0.1) is 11.3 Å². The average Bonchev–Trinajstić information content (AvgIpc) is 2.42. The molecule has 14 heavy (non-hydrogen) atoms. The quantitative estimate of drug-likeness (QED) is 0.815. The first-order chi connectivity index (χ1) is 6.44. The first kappa shape index (κ1) is 9.71. The Morgan fingerprint density at radius 1 is 1.57 bits per heavy atom. The summed E-state index contributed by atoms with van der Waals surface area (Å²) in [4.78, 5) is 12.2. The number of carboxylic acids is 1. The maximum atomic E-state index is 11.0. The van der Waals surface area contributed by atoms with Crippen molar-refractivity contribution in [3.8, 4) is 0 Å². The molecule has 0 saturated heterocycles. The lowest BCUT2D eigenvalue weighted by Gasteiger charge is -1.97. The van der Waals surface area contributed by atoms with E-state index in [1.807, 2.05) is 20.8 Å². The maximum absolute atomic E-state index is 11.0. The normalized spacial score (nSPS) is 28.8. The van der Waals surface area contributed by atoms with Gasteiger partial charge >= 0.3 is 5.97 Å². The Balaban J connectivity index is 2.27. The SMILES string of the molecule is Cc1csc([C@H]2[C@H](C(=O)O)C2(C)C)c1. The van der Waals surface area contributed by atoms with Crippen LogP contribution in [0.5, 0.6) is 0 Å². The van der Waals surface area contributed by atoms with Crippen molar-refractivity contribution in [3.05, 3.63) is 21.9 Å². The van der Waals surface area contributed by atoms with Crippen molar-refractivity contribution in [2.75, 3.05) is 0 Å². The molecular weight excluding hydrogens is 196 g/mol. The Kier molecular flexibility index (Phi) is 1.96. The minimum atomic E-state index is -0.661. The van der Waals surface area contributed by atoms with Gasteiger partial charge in [-0.3, -0.25) is 4.79 Å². The first-order valence-corrected chi connectivity index (χ1v) is 5.60. The van der Waals surface area contributed by atoms with Crippen molar-refractivity contribution in [2.45, 2.75) is 26.7 Å². The van der Waals surface area contributed by atoms with Crippen LogP contribution < -0.4 is 0 Å². The molecule has 76 valence electrons. The number of carbonyl (C=O) groups is 1. The highest BCUT2D eigenvalue weighted by Crippen LogP contribution is 2.65. The molecule has 1 heterocycles. The highest BCUT2D eigenvalue weighted by Gasteiger charge is 2.63. The largest absolute Gasteiger partial charge is 0.481 e. The van der Waals surface area contributed by atoms with E-state index in [-0.39, 0.29) is 17.3 Å². The van der Waals surface area contributed by atoms with Gasteiger partial charge in [0.2, 0.25) is 0 Å². The fraction of sp³-hybridized carbons (Fsp3) is 0.545. The lowest BCUT2D eigenvalue weighted by Crippen LogP contribution is -2.02. The molecular formula is C11H14O2S. The summed E-state index contributed by atoms with van der Waals surface area (Å²) in [6.45, 7) is 6.11. The topological polar surface area (TPSA) is 37.3 Å². The van der Waals surface area contributed by atoms with Crippen LogP contribution >= 0.6 is 11.3 Å². The van der Waals surface area contributed by atoms with Crippen LogP contribution in [0.1, 0.15) is 30.2 Å². The Bertz CT molecular complexity index is 378. The summed E-state index contributed by atoms with van der Waals surface area (Å²) in [5.74, 6) is -0.634. The standard InChI is InChI=1S/C11H14O2S/c1-6-4-7(14-5-6)8-9(10(12)13)11(8,2)3/h4-5,8-9H,1-3H3,(H,12,13)/t8-,9+/m0/s1. The van der Waals surface area contributed by atoms with Crippen molar-refractivity contribution >= 4 is 17.3 Å². The Hall–Kier alpha value is -0.830. The minimum absolute atomic E-state index is 0.0663. The van der Waals surface area contributed by atoms with E-state index in [1.165, 1.54) is 10.4 Å². The van der Waals surface area contributed by atoms with Crippen molar-refractivity contribution in [1.29, 1.82) is 0 Å². The third-order valence-electron chi connectivity index (χ3n) is 3.15. The van der Waals surface area contributed by atoms with Gasteiger partial charge in [-0.2, -0.15) is 0 Å². The van der Waals surface area contributed by atoms with E-state index in [9.17, 15) is 4.79 Å². The number of aliphatic carboxylic acids is 1. The summed E-state index contributed by atoms with van der Waals surface area (Å²) >= 11 is 1.68. The molecule has 1 aromatic heterocycles. The molecule has 0 unspecified atom stereocenters. The Morgan fingerprint density at radius 2 is 2.21 bits per heavy atom. The van der Waals surface area contributed by atoms with Gasteiger partial charge in [0, 0.05) is 10.8 Å². The van der Waals surface area contributed by atoms with Gasteiger partial charge in [-0.25, -0.2) is 0 Å². The predicted molar refractivity (Wildman–Crippen MR) is 56.7 cm³/mol. The van der Waals surface area contributed by atoms with Gasteiger partial charge in [0.1, 0.15) is 0 Å². The van der Waals surface area contributed by atoms with Gasteiger partial charge in [0.15, 0.2) is 0 Å². The van der Waals surface area contributed by atoms with Gasteiger partial charge in [-0.1, -0.05) is 13.8 Å². The highest BCUT2D eigenvalue weighted by atomic mass is 32.1. The number of carboxylic acid groups (broad SMARTS) is 1. The fourth-order valence-electron chi connectivity index (χ4n) is 2.25. The zero-order chi connectivity index (χ0) is 10.5. The second-order valence-corrected chi connectivity index (χ2v) is 5.58. The minimum Gasteiger partial charge on any atom is -0.481 e. The van der Waals surface area contributed by atoms with E-state index in [0.717, 1.165) is 0 Å². The number of rotatable bonds is 2. The monoisotopic (exact) mass is 210 g/mol. The van der Waals surface area contributed by atoms with E-state index >= 15 is 0 Å². The van der Waals surface area contributed by atoms with Crippen LogP contribution in [0.25, 0.3) is 0 Å². The van der Waals surface area contributed by atoms with E-state index in [4.69, 9.17) is 5.11 Å². The van der Waals surface area contributed by atoms with Crippen molar-refractivity contribution in [2.24, 2.45) is 11.3 Å². The van der Waals surface area contributed by atoms with E-state index < -0.39 is 5.97 Å². The van der Waals surface area contributed by atoms with Crippen LogP contribution in [0.2, 0.25) is 0 Å². The molecule has 0 spiro atoms. The molecule has 1 aromatic rings. The molecule has 1 aliphatic carbocycles. The van der Waals surface area contributed by atoms with Gasteiger partial charge in [0.25, 0.3) is 0 Å². The first-order valence-electron chi connectivity index (χ1n) is 4.72. The van der Waals surface area contributed by atoms with Gasteiger partial charge < -0.3 is 5.11 Å². The molecule has 1 N–H and O–H groups in total. The maximum Gasteiger partial charge on any atom is 0.307 e. The van der Waals surface area contributed by atoms with Gasteiger partial charge in [-0.05, 0) is 29.3 Å². The molecule has 1 saturated carbocycles. The van der Waals surface area contributed by atoms with E-state index in [0.29, 0.717) is 0 Å². The van der Waals surface area contributed by atoms with Crippen molar-refractivity contribution in [1.82, 2.24) is 0 Å². The summed E-state index contributed by atoms with van der Waals surface area (Å²) in [5, 5.41) is 11.1. The lowest BCUT2D eigenvalue weighted by molar-refractivity contribution is -0.139. The fourth-order valence-corrected chi connectivity index (χ4v) is 3.48. The van der Waals surface area contributed by atoms with Crippen LogP contribution in [0.4, 0.5) is 0 Å². The summed E-state index contributed by atoms with van der Waals surface area (Å²) < 4.78 is 0. The lowest BCUT2D eigenvalue weighted by atomic mass is 10.1. The molecule has 2 rings (SSSR count). The van der Waals surface area contributed by atoms with Crippen LogP contribution in [0.3, 0.4) is 0 Å². The average molecular weight is 210 g/mol. The molecule has 3 heteroatoms. The van der Waals surface area contributed by atoms with Gasteiger partial charge in [0.05, 0.1) is 5.92 Å². The number of thiophene rings is 1. The molecule has 2 nitrogen and oxygen atoms in total. The smallest absolute Gasteiger partial charge is 0.307 e. The molecule has 2 atom stereocenters. The van der Waals surface area contributed by atoms with Crippen LogP contribution in [-0.4, -0.2) is 11.1 Å². The van der Waals surface area contributed by atoms with Crippen LogP contribution in [0, 0.1) is 18.3 Å². The van der Waals surface area contributed by atoms with Crippen molar-refractivity contribution in [3.63, 3.8) is 0 Å². The molecule has 0 aromatic carbocycles. The second-order valence-electron chi connectivity index (χ2n) is 4.64. The zero-order valence-electron chi connectivity index (χ0n) is 8.57. The van der Waals surface area contributed by atoms with Crippen LogP contribution in [0.15, 0.2) is 11.4 Å². The van der Waals surface area contributed by atoms with Crippen molar-refractivity contribution < 1.29 is 9.90 Å². The third-order valence-corrected chi connectivity index (χ3v) is 4.28. The highest BCUT2D eigenvalue weighted by molar-refractivity contribution is 7.10.